The van der Waals surface area contributed by atoms with E-state index in [9.17, 15) is 9.59 Å². The van der Waals surface area contributed by atoms with Crippen LogP contribution in [-0.4, -0.2) is 25.2 Å². The smallest absolute Gasteiger partial charge is 0.343 e. The third-order valence-corrected chi connectivity index (χ3v) is 5.33. The average molecular weight is 453 g/mol. The highest BCUT2D eigenvalue weighted by Crippen LogP contribution is 2.16. The van der Waals surface area contributed by atoms with Crippen molar-refractivity contribution in [2.75, 3.05) is 7.11 Å². The van der Waals surface area contributed by atoms with Crippen molar-refractivity contribution >= 4 is 18.1 Å². The fourth-order valence-corrected chi connectivity index (χ4v) is 3.35. The maximum atomic E-state index is 12.2. The number of methoxy groups -OCH3 is 1. The molecule has 2 aromatic rings. The molecule has 0 bridgehead atoms. The highest BCUT2D eigenvalue weighted by molar-refractivity contribution is 5.91. The molecule has 0 saturated heterocycles. The van der Waals surface area contributed by atoms with Crippen LogP contribution in [0.2, 0.25) is 0 Å². The van der Waals surface area contributed by atoms with Crippen molar-refractivity contribution in [2.24, 2.45) is 5.10 Å². The first-order chi connectivity index (χ1) is 16.1. The van der Waals surface area contributed by atoms with E-state index >= 15 is 0 Å². The number of amides is 1. The van der Waals surface area contributed by atoms with Crippen LogP contribution in [0, 0.1) is 0 Å². The van der Waals surface area contributed by atoms with Gasteiger partial charge in [0, 0.05) is 6.42 Å². The van der Waals surface area contributed by atoms with Gasteiger partial charge < -0.3 is 9.47 Å². The predicted molar refractivity (Wildman–Crippen MR) is 132 cm³/mol. The van der Waals surface area contributed by atoms with Crippen molar-refractivity contribution in [1.82, 2.24) is 5.43 Å². The number of hydrogen-bond donors (Lipinski definition) is 1. The van der Waals surface area contributed by atoms with Gasteiger partial charge in [0.25, 0.3) is 0 Å². The lowest BCUT2D eigenvalue weighted by molar-refractivity contribution is -0.121. The van der Waals surface area contributed by atoms with Crippen molar-refractivity contribution in [3.63, 3.8) is 0 Å². The number of rotatable bonds is 15. The Hall–Kier alpha value is -3.15. The van der Waals surface area contributed by atoms with Crippen LogP contribution in [-0.2, 0) is 4.79 Å². The molecule has 2 rings (SSSR count). The van der Waals surface area contributed by atoms with Gasteiger partial charge in [0.2, 0.25) is 5.91 Å². The van der Waals surface area contributed by atoms with Crippen LogP contribution in [0.1, 0.15) is 87.1 Å². The molecule has 0 aromatic heterocycles. The molecule has 0 heterocycles. The number of esters is 1. The molecule has 0 radical (unpaired) electrons. The first-order valence-corrected chi connectivity index (χ1v) is 11.9. The minimum absolute atomic E-state index is 0.0702. The second-order valence-electron chi connectivity index (χ2n) is 8.06. The van der Waals surface area contributed by atoms with Crippen molar-refractivity contribution in [3.05, 3.63) is 59.7 Å². The molecule has 1 N–H and O–H groups in total. The van der Waals surface area contributed by atoms with E-state index in [1.165, 1.54) is 44.9 Å². The number of nitrogens with one attached hydrogen (secondary N) is 1. The summed E-state index contributed by atoms with van der Waals surface area (Å²) in [6, 6.07) is 13.6. The van der Waals surface area contributed by atoms with Gasteiger partial charge in [-0.05, 0) is 60.5 Å². The van der Waals surface area contributed by atoms with Gasteiger partial charge in [-0.15, -0.1) is 0 Å². The maximum absolute atomic E-state index is 12.2. The highest BCUT2D eigenvalue weighted by Gasteiger charge is 2.08. The third kappa shape index (κ3) is 10.8. The number of benzene rings is 2. The third-order valence-electron chi connectivity index (χ3n) is 5.33. The second-order valence-corrected chi connectivity index (χ2v) is 8.06. The summed E-state index contributed by atoms with van der Waals surface area (Å²) in [5.74, 6) is 0.597. The summed E-state index contributed by atoms with van der Waals surface area (Å²) in [7, 11) is 1.57. The number of nitrogens with zero attached hydrogens (tertiary/aromatic N) is 1. The molecule has 1 amide bonds. The van der Waals surface area contributed by atoms with Gasteiger partial charge in [-0.25, -0.2) is 10.2 Å². The summed E-state index contributed by atoms with van der Waals surface area (Å²) in [6.45, 7) is 2.23. The van der Waals surface area contributed by atoms with Crippen LogP contribution < -0.4 is 14.9 Å². The average Bonchev–Trinajstić information content (AvgIpc) is 2.84. The van der Waals surface area contributed by atoms with Gasteiger partial charge in [-0.2, -0.15) is 5.10 Å². The lowest BCUT2D eigenvalue weighted by Crippen LogP contribution is -2.16. The zero-order valence-electron chi connectivity index (χ0n) is 19.8. The van der Waals surface area contributed by atoms with E-state index in [-0.39, 0.29) is 5.91 Å². The van der Waals surface area contributed by atoms with Crippen LogP contribution in [0.15, 0.2) is 53.6 Å². The Balaban J connectivity index is 1.62. The monoisotopic (exact) mass is 452 g/mol. The molecular formula is C27H36N2O4. The number of hydrogen-bond acceptors (Lipinski definition) is 5. The summed E-state index contributed by atoms with van der Waals surface area (Å²) in [5.41, 5.74) is 3.80. The van der Waals surface area contributed by atoms with Gasteiger partial charge in [0.1, 0.15) is 11.5 Å². The predicted octanol–water partition coefficient (Wildman–Crippen LogP) is 6.29. The topological polar surface area (TPSA) is 77.0 Å². The zero-order chi connectivity index (χ0) is 23.7. The maximum Gasteiger partial charge on any atom is 0.343 e. The van der Waals surface area contributed by atoms with Crippen molar-refractivity contribution < 1.29 is 19.1 Å². The van der Waals surface area contributed by atoms with Crippen LogP contribution >= 0.6 is 0 Å². The first-order valence-electron chi connectivity index (χ1n) is 11.9. The molecule has 0 saturated carbocycles. The lowest BCUT2D eigenvalue weighted by atomic mass is 10.1. The summed E-state index contributed by atoms with van der Waals surface area (Å²) in [5, 5.41) is 4.01. The molecule has 0 aliphatic heterocycles. The molecule has 0 spiro atoms. The summed E-state index contributed by atoms with van der Waals surface area (Å²) < 4.78 is 10.5. The molecule has 0 atom stereocenters. The molecule has 178 valence electrons. The van der Waals surface area contributed by atoms with Crippen LogP contribution in [0.3, 0.4) is 0 Å². The van der Waals surface area contributed by atoms with Crippen molar-refractivity contribution in [1.29, 1.82) is 0 Å². The number of unbranched alkanes of at least 4 members (excludes halogenated alkanes) is 8. The fraction of sp³-hybridized carbons (Fsp3) is 0.444. The molecule has 0 unspecified atom stereocenters. The molecule has 2 aromatic carbocycles. The summed E-state index contributed by atoms with van der Waals surface area (Å²) >= 11 is 0. The van der Waals surface area contributed by atoms with Gasteiger partial charge in [0.15, 0.2) is 0 Å². The number of carbonyl (C=O) groups excluding carboxylic acids is 2. The van der Waals surface area contributed by atoms with E-state index < -0.39 is 5.97 Å². The first kappa shape index (κ1) is 26.1. The molecular weight excluding hydrogens is 416 g/mol. The summed E-state index contributed by atoms with van der Waals surface area (Å²) in [6.07, 6.45) is 13.1. The van der Waals surface area contributed by atoms with Gasteiger partial charge in [-0.1, -0.05) is 58.3 Å². The van der Waals surface area contributed by atoms with E-state index in [1.807, 2.05) is 0 Å². The van der Waals surface area contributed by atoms with Gasteiger partial charge >= 0.3 is 5.97 Å². The molecule has 33 heavy (non-hydrogen) atoms. The molecule has 0 fully saturated rings. The van der Waals surface area contributed by atoms with Gasteiger partial charge in [-0.3, -0.25) is 4.79 Å². The number of hydrazone groups is 1. The van der Waals surface area contributed by atoms with Crippen LogP contribution in [0.5, 0.6) is 11.5 Å². The number of carbonyl (C=O) groups is 2. The lowest BCUT2D eigenvalue weighted by Gasteiger charge is -2.05. The Morgan fingerprint density at radius 3 is 2.00 bits per heavy atom. The standard InChI is InChI=1S/C27H36N2O4/c1-3-4-5-6-7-8-9-10-11-12-26(30)29-28-21-22-13-17-25(18-14-22)33-27(31)23-15-19-24(32-2)20-16-23/h13-21H,3-12H2,1-2H3,(H,29,30)/b28-21+. The molecule has 6 nitrogen and oxygen atoms in total. The normalized spacial score (nSPS) is 10.8. The largest absolute Gasteiger partial charge is 0.497 e. The Morgan fingerprint density at radius 1 is 0.818 bits per heavy atom. The Morgan fingerprint density at radius 2 is 1.39 bits per heavy atom. The van der Waals surface area contributed by atoms with Crippen molar-refractivity contribution in [3.8, 4) is 11.5 Å². The molecule has 0 aliphatic rings. The van der Waals surface area contributed by atoms with Gasteiger partial charge in [0.05, 0.1) is 18.9 Å². The van der Waals surface area contributed by atoms with Crippen LogP contribution in [0.4, 0.5) is 0 Å². The second kappa shape index (κ2) is 15.6. The van der Waals surface area contributed by atoms with E-state index in [2.05, 4.69) is 17.5 Å². The highest BCUT2D eigenvalue weighted by atomic mass is 16.5. The quantitative estimate of drug-likeness (QED) is 0.113. The SMILES string of the molecule is CCCCCCCCCCCC(=O)N/N=C/c1ccc(OC(=O)c2ccc(OC)cc2)cc1. The Labute approximate surface area is 197 Å². The molecule has 6 heteroatoms. The fourth-order valence-electron chi connectivity index (χ4n) is 3.35. The van der Waals surface area contributed by atoms with E-state index in [1.54, 1.807) is 61.9 Å². The van der Waals surface area contributed by atoms with E-state index in [0.717, 1.165) is 18.4 Å². The molecule has 0 aliphatic carbocycles. The Bertz CT molecular complexity index is 861. The van der Waals surface area contributed by atoms with Crippen LogP contribution in [0.25, 0.3) is 0 Å². The van der Waals surface area contributed by atoms with E-state index in [0.29, 0.717) is 23.5 Å². The minimum Gasteiger partial charge on any atom is -0.497 e. The summed E-state index contributed by atoms with van der Waals surface area (Å²) in [4.78, 5) is 24.1. The zero-order valence-corrected chi connectivity index (χ0v) is 19.8. The minimum atomic E-state index is -0.442. The Kier molecular flexibility index (Phi) is 12.4. The number of ether oxygens (including phenoxy) is 2. The van der Waals surface area contributed by atoms with E-state index in [4.69, 9.17) is 9.47 Å². The van der Waals surface area contributed by atoms with Crippen molar-refractivity contribution in [2.45, 2.75) is 71.1 Å².